The van der Waals surface area contributed by atoms with Gasteiger partial charge in [0.15, 0.2) is 5.82 Å². The van der Waals surface area contributed by atoms with Gasteiger partial charge in [-0.2, -0.15) is 5.10 Å². The fourth-order valence-electron chi connectivity index (χ4n) is 3.25. The van der Waals surface area contributed by atoms with Crippen LogP contribution in [0, 0.1) is 21.7 Å². The number of likely N-dealkylation sites (N-methyl/N-ethyl adjacent to an activating group) is 1. The van der Waals surface area contributed by atoms with Crippen molar-refractivity contribution in [2.45, 2.75) is 32.7 Å². The predicted molar refractivity (Wildman–Crippen MR) is 101 cm³/mol. The summed E-state index contributed by atoms with van der Waals surface area (Å²) in [7, 11) is 2.00. The summed E-state index contributed by atoms with van der Waals surface area (Å²) in [4.78, 5) is 19.9. The van der Waals surface area contributed by atoms with Crippen molar-refractivity contribution in [1.82, 2.24) is 29.2 Å². The smallest absolute Gasteiger partial charge is 0.414 e. The molecule has 0 N–H and O–H groups in total. The zero-order valence-corrected chi connectivity index (χ0v) is 16.3. The minimum atomic E-state index is -0.616. The zero-order chi connectivity index (χ0) is 21.4. The van der Waals surface area contributed by atoms with Crippen molar-refractivity contribution in [3.8, 4) is 17.4 Å². The van der Waals surface area contributed by atoms with Crippen LogP contribution in [-0.2, 0) is 19.6 Å². The van der Waals surface area contributed by atoms with Crippen molar-refractivity contribution in [2.75, 3.05) is 13.6 Å². The summed E-state index contributed by atoms with van der Waals surface area (Å²) in [6, 6.07) is 3.67. The van der Waals surface area contributed by atoms with Crippen LogP contribution in [-0.4, -0.2) is 53.8 Å². The van der Waals surface area contributed by atoms with Crippen LogP contribution in [0.4, 0.5) is 14.6 Å². The third-order valence-electron chi connectivity index (χ3n) is 4.65. The van der Waals surface area contributed by atoms with Gasteiger partial charge in [0.05, 0.1) is 19.6 Å². The highest BCUT2D eigenvalue weighted by Gasteiger charge is 2.28. The number of nitrogens with zero attached hydrogens (tertiary/aromatic N) is 7. The van der Waals surface area contributed by atoms with Gasteiger partial charge in [-0.05, 0) is 31.0 Å². The predicted octanol–water partition coefficient (Wildman–Crippen LogP) is 2.24. The van der Waals surface area contributed by atoms with E-state index in [4.69, 9.17) is 4.74 Å². The number of aromatic nitrogens is 5. The van der Waals surface area contributed by atoms with Crippen molar-refractivity contribution in [2.24, 2.45) is 0 Å². The normalized spacial score (nSPS) is 17.5. The van der Waals surface area contributed by atoms with Crippen LogP contribution in [0.3, 0.4) is 0 Å². The van der Waals surface area contributed by atoms with Crippen LogP contribution in [0.2, 0.25) is 0 Å². The molecule has 5 rings (SSSR count). The molecule has 2 aliphatic heterocycles. The van der Waals surface area contributed by atoms with E-state index < -0.39 is 16.6 Å². The molecular weight excluding hydrogens is 400 g/mol. The molecule has 1 atom stereocenters. The number of nitro groups is 1. The Bertz CT molecular complexity index is 1050. The Balaban J connectivity index is 0.000000158. The van der Waals surface area contributed by atoms with Gasteiger partial charge in [0.1, 0.15) is 29.8 Å². The van der Waals surface area contributed by atoms with Crippen molar-refractivity contribution in [1.29, 1.82) is 0 Å². The number of ether oxygens (including phenoxy) is 1. The standard InChI is InChI=1S/C12H12F2N4.C6H7N3O3/c1-17-2-3-18-11(7-17)15-12(16-18)8-4-9(13)6-10(14)5-8;1-4-2-8-3-5(9(10)11)7-6(8)12-4/h4-6H,2-3,7H2,1H3;3-4H,2H2,1H3. The number of fused-ring (bicyclic) bond motifs is 2. The second-order valence-electron chi connectivity index (χ2n) is 7.19. The summed E-state index contributed by atoms with van der Waals surface area (Å²) >= 11 is 0. The molecule has 0 bridgehead atoms. The minimum absolute atomic E-state index is 0.0632. The lowest BCUT2D eigenvalue weighted by Gasteiger charge is -2.21. The molecule has 12 heteroatoms. The van der Waals surface area contributed by atoms with E-state index in [9.17, 15) is 18.9 Å². The Morgan fingerprint density at radius 3 is 2.60 bits per heavy atom. The second kappa shape index (κ2) is 7.78. The summed E-state index contributed by atoms with van der Waals surface area (Å²) in [5.74, 6) is -0.191. The van der Waals surface area contributed by atoms with E-state index in [0.29, 0.717) is 30.5 Å². The van der Waals surface area contributed by atoms with Crippen molar-refractivity contribution >= 4 is 5.82 Å². The number of hydrogen-bond donors (Lipinski definition) is 0. The number of halogens is 2. The lowest BCUT2D eigenvalue weighted by Crippen LogP contribution is -2.30. The zero-order valence-electron chi connectivity index (χ0n) is 16.3. The van der Waals surface area contributed by atoms with Crippen LogP contribution in [0.25, 0.3) is 11.4 Å². The van der Waals surface area contributed by atoms with Crippen LogP contribution in [0.5, 0.6) is 6.01 Å². The Kier molecular flexibility index (Phi) is 5.16. The number of rotatable bonds is 2. The highest BCUT2D eigenvalue weighted by atomic mass is 19.1. The first kappa shape index (κ1) is 19.9. The molecule has 0 radical (unpaired) electrons. The average Bonchev–Trinajstić information content (AvgIpc) is 3.33. The first-order chi connectivity index (χ1) is 14.3. The van der Waals surface area contributed by atoms with E-state index in [2.05, 4.69) is 20.0 Å². The Labute approximate surface area is 169 Å². The SMILES string of the molecule is CC1Cn2cc([N+](=O)[O-])nc2O1.CN1CCn2nc(-c3cc(F)cc(F)c3)nc2C1. The summed E-state index contributed by atoms with van der Waals surface area (Å²) < 4.78 is 34.9. The van der Waals surface area contributed by atoms with E-state index >= 15 is 0 Å². The number of imidazole rings is 1. The maximum atomic E-state index is 13.1. The van der Waals surface area contributed by atoms with E-state index in [1.807, 2.05) is 14.0 Å². The first-order valence-electron chi connectivity index (χ1n) is 9.25. The molecule has 1 unspecified atom stereocenters. The van der Waals surface area contributed by atoms with E-state index in [-0.39, 0.29) is 11.9 Å². The fourth-order valence-corrected chi connectivity index (χ4v) is 3.25. The highest BCUT2D eigenvalue weighted by Crippen LogP contribution is 2.24. The first-order valence-corrected chi connectivity index (χ1v) is 9.25. The van der Waals surface area contributed by atoms with Gasteiger partial charge >= 0.3 is 11.8 Å². The largest absolute Gasteiger partial charge is 0.441 e. The lowest BCUT2D eigenvalue weighted by molar-refractivity contribution is -0.389. The Hall–Kier alpha value is -3.41. The molecule has 3 aromatic rings. The average molecular weight is 419 g/mol. The molecule has 10 nitrogen and oxygen atoms in total. The van der Waals surface area contributed by atoms with E-state index in [0.717, 1.165) is 25.0 Å². The van der Waals surface area contributed by atoms with Crippen LogP contribution in [0.15, 0.2) is 24.4 Å². The molecule has 0 aliphatic carbocycles. The Morgan fingerprint density at radius 1 is 1.20 bits per heavy atom. The third kappa shape index (κ3) is 4.13. The Morgan fingerprint density at radius 2 is 1.93 bits per heavy atom. The minimum Gasteiger partial charge on any atom is -0.441 e. The third-order valence-corrected chi connectivity index (χ3v) is 4.65. The maximum absolute atomic E-state index is 13.1. The molecule has 0 amide bonds. The molecule has 4 heterocycles. The molecule has 158 valence electrons. The van der Waals surface area contributed by atoms with Gasteiger partial charge in [-0.25, -0.2) is 18.4 Å². The summed E-state index contributed by atoms with van der Waals surface area (Å²) in [5.41, 5.74) is 0.372. The van der Waals surface area contributed by atoms with Crippen molar-refractivity contribution < 1.29 is 18.4 Å². The monoisotopic (exact) mass is 419 g/mol. The highest BCUT2D eigenvalue weighted by molar-refractivity contribution is 5.54. The molecule has 2 aliphatic rings. The summed E-state index contributed by atoms with van der Waals surface area (Å²) in [5, 5.41) is 14.5. The molecule has 2 aromatic heterocycles. The number of benzene rings is 1. The van der Waals surface area contributed by atoms with Gasteiger partial charge in [0, 0.05) is 23.2 Å². The van der Waals surface area contributed by atoms with Crippen molar-refractivity contribution in [3.05, 3.63) is 52.0 Å². The van der Waals surface area contributed by atoms with Gasteiger partial charge in [-0.1, -0.05) is 0 Å². The van der Waals surface area contributed by atoms with Gasteiger partial charge < -0.3 is 14.9 Å². The topological polar surface area (TPSA) is 104 Å². The van der Waals surface area contributed by atoms with Gasteiger partial charge in [-0.3, -0.25) is 9.47 Å². The molecule has 0 fully saturated rings. The van der Waals surface area contributed by atoms with Crippen LogP contribution < -0.4 is 4.74 Å². The lowest BCUT2D eigenvalue weighted by atomic mass is 10.2. The van der Waals surface area contributed by atoms with E-state index in [1.54, 1.807) is 9.25 Å². The molecule has 30 heavy (non-hydrogen) atoms. The van der Waals surface area contributed by atoms with Crippen LogP contribution >= 0.6 is 0 Å². The van der Waals surface area contributed by atoms with Gasteiger partial charge in [0.2, 0.25) is 0 Å². The molecule has 0 saturated heterocycles. The van der Waals surface area contributed by atoms with E-state index in [1.165, 1.54) is 18.3 Å². The molecule has 0 spiro atoms. The summed E-state index contributed by atoms with van der Waals surface area (Å²) in [6.45, 7) is 4.87. The van der Waals surface area contributed by atoms with Gasteiger partial charge in [0.25, 0.3) is 0 Å². The second-order valence-corrected chi connectivity index (χ2v) is 7.19. The quantitative estimate of drug-likeness (QED) is 0.463. The summed E-state index contributed by atoms with van der Waals surface area (Å²) in [6.07, 6.45) is 1.45. The molecule has 1 aromatic carbocycles. The van der Waals surface area contributed by atoms with Gasteiger partial charge in [-0.15, -0.1) is 0 Å². The van der Waals surface area contributed by atoms with Crippen molar-refractivity contribution in [3.63, 3.8) is 0 Å². The molecule has 0 saturated carbocycles. The molecular formula is C18H19F2N7O3. The van der Waals surface area contributed by atoms with Crippen LogP contribution in [0.1, 0.15) is 12.7 Å². The maximum Gasteiger partial charge on any atom is 0.414 e. The fraction of sp³-hybridized carbons (Fsp3) is 0.389. The number of hydrogen-bond acceptors (Lipinski definition) is 7.